The van der Waals surface area contributed by atoms with E-state index in [2.05, 4.69) is 21.0 Å². The Morgan fingerprint density at radius 1 is 0.828 bits per heavy atom. The van der Waals surface area contributed by atoms with Gasteiger partial charge in [-0.3, -0.25) is 8.42 Å². The molecule has 0 radical (unpaired) electrons. The quantitative estimate of drug-likeness (QED) is 0.0744. The van der Waals surface area contributed by atoms with E-state index in [1.54, 1.807) is 26.6 Å². The van der Waals surface area contributed by atoms with E-state index in [0.717, 1.165) is 38.9 Å². The van der Waals surface area contributed by atoms with Crippen LogP contribution in [-0.2, 0) is 31.1 Å². The van der Waals surface area contributed by atoms with Crippen molar-refractivity contribution in [2.24, 2.45) is 0 Å². The van der Waals surface area contributed by atoms with Gasteiger partial charge in [-0.1, -0.05) is 72.4 Å². The van der Waals surface area contributed by atoms with Crippen LogP contribution in [0.1, 0.15) is 18.4 Å². The Bertz CT molecular complexity index is 2430. The minimum atomic E-state index is -1.20. The molecule has 13 nitrogen and oxygen atoms in total. The van der Waals surface area contributed by atoms with Gasteiger partial charge in [0.05, 0.1) is 39.5 Å². The molecule has 0 saturated carbocycles. The molecule has 18 heteroatoms. The summed E-state index contributed by atoms with van der Waals surface area (Å²) in [6.45, 7) is 1.15. The molecule has 7 rings (SSSR count). The molecule has 2 unspecified atom stereocenters. The van der Waals surface area contributed by atoms with Crippen LogP contribution in [0.2, 0.25) is 0 Å². The van der Waals surface area contributed by atoms with Crippen molar-refractivity contribution in [2.45, 2.75) is 22.1 Å². The Balaban J connectivity index is 0.000000248. The maximum absolute atomic E-state index is 12.8. The Labute approximate surface area is 391 Å². The molecule has 0 saturated heterocycles. The third kappa shape index (κ3) is 12.1. The summed E-state index contributed by atoms with van der Waals surface area (Å²) in [6.07, 6.45) is 7.37. The van der Waals surface area contributed by atoms with Gasteiger partial charge in [0.1, 0.15) is 31.5 Å². The molecule has 0 fully saturated rings. The molecule has 0 amide bonds. The second-order valence-electron chi connectivity index (χ2n) is 12.0. The molecule has 0 bridgehead atoms. The molecular formula is C40H39KN6O7S4. The van der Waals surface area contributed by atoms with Gasteiger partial charge in [-0.2, -0.15) is 5.26 Å². The zero-order valence-electron chi connectivity index (χ0n) is 32.0. The first-order valence-electron chi connectivity index (χ1n) is 17.3. The smallest absolute Gasteiger partial charge is 0.870 e. The number of aromatic nitrogens is 4. The number of thioether (sulfide) groups is 1. The largest absolute Gasteiger partial charge is 1.00 e. The van der Waals surface area contributed by atoms with Gasteiger partial charge < -0.3 is 29.5 Å². The number of hydrogen-bond acceptors (Lipinski definition) is 15. The summed E-state index contributed by atoms with van der Waals surface area (Å²) in [5.41, 5.74) is 12.3. The average Bonchev–Trinajstić information content (AvgIpc) is 4.04. The number of fused-ring (bicyclic) bond motifs is 1. The van der Waals surface area contributed by atoms with E-state index in [-0.39, 0.29) is 56.9 Å². The maximum Gasteiger partial charge on any atom is 1.00 e. The van der Waals surface area contributed by atoms with E-state index in [1.165, 1.54) is 35.9 Å². The summed E-state index contributed by atoms with van der Waals surface area (Å²) in [5.74, 6) is 2.15. The average molecular weight is 883 g/mol. The predicted molar refractivity (Wildman–Crippen MR) is 225 cm³/mol. The molecule has 7 aromatic rings. The SMILES string of the molecule is COCCCS(=O)CSc1nc(-c2cnco2)cc(-c2ccccc2)c1C#N.COCCCS(=O)c1sc2nc(-c3cnco3)cc(-c3ccccc3)c2c1N.[K+].[OH-]. The molecule has 0 aliphatic heterocycles. The number of nitrogen functional groups attached to an aromatic ring is 1. The molecule has 5 heterocycles. The van der Waals surface area contributed by atoms with Gasteiger partial charge in [0.25, 0.3) is 0 Å². The molecule has 2 atom stereocenters. The van der Waals surface area contributed by atoms with Crippen molar-refractivity contribution >= 4 is 60.6 Å². The van der Waals surface area contributed by atoms with Gasteiger partial charge in [-0.15, -0.1) is 11.3 Å². The fourth-order valence-corrected chi connectivity index (χ4v) is 10.6. The number of nitriles is 1. The Hall–Kier alpha value is -3.42. The van der Waals surface area contributed by atoms with Gasteiger partial charge in [0.2, 0.25) is 0 Å². The number of anilines is 1. The van der Waals surface area contributed by atoms with Crippen molar-refractivity contribution in [3.63, 3.8) is 0 Å². The minimum Gasteiger partial charge on any atom is -0.870 e. The van der Waals surface area contributed by atoms with Gasteiger partial charge in [-0.05, 0) is 41.7 Å². The molecule has 0 spiro atoms. The molecule has 0 aliphatic rings. The van der Waals surface area contributed by atoms with E-state index < -0.39 is 21.6 Å². The van der Waals surface area contributed by atoms with E-state index in [0.29, 0.717) is 79.6 Å². The Morgan fingerprint density at radius 2 is 1.38 bits per heavy atom. The van der Waals surface area contributed by atoms with Crippen LogP contribution in [0.5, 0.6) is 0 Å². The van der Waals surface area contributed by atoms with Crippen molar-refractivity contribution in [3.8, 4) is 51.2 Å². The first-order chi connectivity index (χ1) is 27.4. The number of methoxy groups -OCH3 is 2. The van der Waals surface area contributed by atoms with E-state index in [4.69, 9.17) is 29.0 Å². The van der Waals surface area contributed by atoms with Crippen LogP contribution >= 0.6 is 23.1 Å². The van der Waals surface area contributed by atoms with Crippen molar-refractivity contribution in [1.29, 1.82) is 5.26 Å². The van der Waals surface area contributed by atoms with E-state index >= 15 is 0 Å². The van der Waals surface area contributed by atoms with Gasteiger partial charge in [0.15, 0.2) is 24.3 Å². The van der Waals surface area contributed by atoms with Crippen molar-refractivity contribution in [3.05, 3.63) is 104 Å². The summed E-state index contributed by atoms with van der Waals surface area (Å²) in [4.78, 5) is 18.0. The van der Waals surface area contributed by atoms with Crippen LogP contribution in [0, 0.1) is 11.3 Å². The van der Waals surface area contributed by atoms with Crippen molar-refractivity contribution < 1.29 is 83.6 Å². The number of oxazole rings is 2. The van der Waals surface area contributed by atoms with E-state index in [1.807, 2.05) is 72.8 Å². The number of nitrogens with zero attached hydrogens (tertiary/aromatic N) is 5. The molecule has 58 heavy (non-hydrogen) atoms. The first-order valence-corrected chi connectivity index (χ1v) is 21.9. The number of thiophene rings is 1. The van der Waals surface area contributed by atoms with Crippen LogP contribution in [0.3, 0.4) is 0 Å². The standard InChI is InChI=1S/2C20H19N3O3S2.K.H2O/c1-25-8-5-9-28(24)20-18(21)17-14(13-6-3-2-4-7-13)10-15(23-19(17)27-20)16-11-22-12-26-16;1-25-8-5-9-28(24)14-27-20-17(11-21)16(15-6-3-2-4-7-15)10-18(23-20)19-12-22-13-26-19;;/h2-4,6-7,10-12H,5,8-9,21H2,1H3;2-4,6-7,10,12-13H,5,8-9,14H2,1H3;;1H2/q;;+1;/p-1. The summed E-state index contributed by atoms with van der Waals surface area (Å²) in [5, 5.41) is 11.5. The number of rotatable bonds is 16. The van der Waals surface area contributed by atoms with Gasteiger partial charge >= 0.3 is 51.4 Å². The first kappa shape index (κ1) is 47.3. The molecule has 296 valence electrons. The third-order valence-corrected chi connectivity index (χ3v) is 14.1. The fraction of sp³-hybridized carbons (Fsp3) is 0.225. The maximum atomic E-state index is 12.8. The second-order valence-corrected chi connectivity index (χ2v) is 17.7. The predicted octanol–water partition coefficient (Wildman–Crippen LogP) is 5.28. The van der Waals surface area contributed by atoms with E-state index in [9.17, 15) is 13.7 Å². The number of nitrogens with two attached hydrogens (primary N) is 1. The summed E-state index contributed by atoms with van der Waals surface area (Å²) >= 11 is 2.69. The molecule has 2 aromatic carbocycles. The Kier molecular flexibility index (Phi) is 19.5. The monoisotopic (exact) mass is 882 g/mol. The summed E-state index contributed by atoms with van der Waals surface area (Å²) < 4.78 is 46.6. The number of hydrogen-bond donors (Lipinski definition) is 1. The van der Waals surface area contributed by atoms with Crippen LogP contribution in [-0.4, -0.2) is 77.9 Å². The van der Waals surface area contributed by atoms with Crippen LogP contribution < -0.4 is 57.1 Å². The number of pyridine rings is 2. The fourth-order valence-electron chi connectivity index (χ4n) is 5.60. The zero-order valence-corrected chi connectivity index (χ0v) is 38.4. The van der Waals surface area contributed by atoms with Gasteiger partial charge in [0, 0.05) is 60.7 Å². The van der Waals surface area contributed by atoms with Crippen molar-refractivity contribution in [2.75, 3.05) is 49.8 Å². The Morgan fingerprint density at radius 3 is 1.93 bits per heavy atom. The van der Waals surface area contributed by atoms with Crippen molar-refractivity contribution in [1.82, 2.24) is 19.9 Å². The minimum absolute atomic E-state index is 0. The number of ether oxygens (including phenoxy) is 2. The molecule has 3 N–H and O–H groups in total. The van der Waals surface area contributed by atoms with Crippen LogP contribution in [0.25, 0.3) is 55.4 Å². The van der Waals surface area contributed by atoms with Crippen LogP contribution in [0.15, 0.2) is 116 Å². The normalized spacial score (nSPS) is 11.7. The topological polar surface area (TPSA) is 210 Å². The zero-order chi connectivity index (χ0) is 39.3. The molecular weight excluding hydrogens is 844 g/mol. The molecule has 0 aliphatic carbocycles. The summed E-state index contributed by atoms with van der Waals surface area (Å²) in [7, 11) is 1.03. The van der Waals surface area contributed by atoms with Crippen LogP contribution in [0.4, 0.5) is 5.69 Å². The van der Waals surface area contributed by atoms with Gasteiger partial charge in [-0.25, -0.2) is 19.9 Å². The third-order valence-electron chi connectivity index (χ3n) is 8.23. The second kappa shape index (κ2) is 24.0. The summed E-state index contributed by atoms with van der Waals surface area (Å²) in [6, 6.07) is 25.6. The molecule has 5 aromatic heterocycles. The number of benzene rings is 2.